The Morgan fingerprint density at radius 1 is 1.33 bits per heavy atom. The van der Waals surface area contributed by atoms with Crippen molar-refractivity contribution >= 4 is 16.9 Å². The number of H-pyrrole nitrogens is 2. The van der Waals surface area contributed by atoms with Crippen LogP contribution in [0.3, 0.4) is 0 Å². The second-order valence-corrected chi connectivity index (χ2v) is 6.44. The van der Waals surface area contributed by atoms with Crippen LogP contribution >= 0.6 is 0 Å². The molecule has 0 saturated carbocycles. The summed E-state index contributed by atoms with van der Waals surface area (Å²) in [7, 11) is 4.05. The Hall–Kier alpha value is -2.48. The fraction of sp³-hybridized carbons (Fsp3) is 0.500. The van der Waals surface area contributed by atoms with Gasteiger partial charge in [0.1, 0.15) is 5.65 Å². The molecule has 3 rings (SSSR count). The quantitative estimate of drug-likeness (QED) is 0.826. The highest BCUT2D eigenvalue weighted by Crippen LogP contribution is 2.25. The fourth-order valence-corrected chi connectivity index (χ4v) is 3.35. The van der Waals surface area contributed by atoms with Crippen LogP contribution in [0.2, 0.25) is 0 Å². The highest BCUT2D eigenvalue weighted by molar-refractivity contribution is 5.96. The molecule has 2 atom stereocenters. The molecule has 2 N–H and O–H groups in total. The monoisotopic (exact) mass is 331 g/mol. The molecule has 3 heterocycles. The summed E-state index contributed by atoms with van der Waals surface area (Å²) in [6.45, 7) is 3.48. The van der Waals surface area contributed by atoms with E-state index in [0.717, 1.165) is 6.42 Å². The first-order valence-corrected chi connectivity index (χ1v) is 7.98. The molecule has 2 aromatic heterocycles. The predicted molar refractivity (Wildman–Crippen MR) is 90.1 cm³/mol. The molecule has 8 nitrogen and oxygen atoms in total. The van der Waals surface area contributed by atoms with E-state index in [0.29, 0.717) is 30.6 Å². The number of aromatic nitrogens is 3. The van der Waals surface area contributed by atoms with Crippen LogP contribution in [0.4, 0.5) is 0 Å². The summed E-state index contributed by atoms with van der Waals surface area (Å²) in [6.07, 6.45) is 2.41. The molecule has 2 aromatic rings. The zero-order valence-electron chi connectivity index (χ0n) is 14.0. The molecule has 0 radical (unpaired) electrons. The number of pyridine rings is 1. The molecule has 1 aliphatic rings. The van der Waals surface area contributed by atoms with Gasteiger partial charge in [-0.1, -0.05) is 13.3 Å². The molecule has 128 valence electrons. The van der Waals surface area contributed by atoms with Gasteiger partial charge in [0.25, 0.3) is 11.5 Å². The van der Waals surface area contributed by atoms with E-state index >= 15 is 0 Å². The highest BCUT2D eigenvalue weighted by atomic mass is 16.2. The van der Waals surface area contributed by atoms with Crippen molar-refractivity contribution in [1.82, 2.24) is 24.8 Å². The van der Waals surface area contributed by atoms with Gasteiger partial charge in [-0.25, -0.2) is 9.78 Å². The average molecular weight is 331 g/mol. The third-order valence-electron chi connectivity index (χ3n) is 4.72. The molecule has 0 spiro atoms. The van der Waals surface area contributed by atoms with Gasteiger partial charge < -0.3 is 9.80 Å². The molecule has 8 heteroatoms. The summed E-state index contributed by atoms with van der Waals surface area (Å²) in [6, 6.07) is 1.82. The molecule has 1 fully saturated rings. The zero-order valence-corrected chi connectivity index (χ0v) is 14.0. The van der Waals surface area contributed by atoms with E-state index in [1.165, 1.54) is 12.3 Å². The van der Waals surface area contributed by atoms with E-state index in [1.54, 1.807) is 0 Å². The number of amides is 1. The van der Waals surface area contributed by atoms with E-state index in [1.807, 2.05) is 19.0 Å². The van der Waals surface area contributed by atoms with Crippen molar-refractivity contribution in [2.75, 3.05) is 27.2 Å². The van der Waals surface area contributed by atoms with Crippen LogP contribution in [-0.2, 0) is 0 Å². The van der Waals surface area contributed by atoms with E-state index in [2.05, 4.69) is 26.8 Å². The number of hydrogen-bond acceptors (Lipinski definition) is 5. The van der Waals surface area contributed by atoms with Gasteiger partial charge in [0, 0.05) is 25.3 Å². The first-order valence-electron chi connectivity index (χ1n) is 7.98. The molecule has 0 aromatic carbocycles. The molecule has 0 aliphatic carbocycles. The fourth-order valence-electron chi connectivity index (χ4n) is 3.35. The van der Waals surface area contributed by atoms with Gasteiger partial charge in [-0.15, -0.1) is 0 Å². The van der Waals surface area contributed by atoms with Crippen LogP contribution < -0.4 is 11.2 Å². The van der Waals surface area contributed by atoms with Gasteiger partial charge in [0.05, 0.1) is 10.9 Å². The maximum Gasteiger partial charge on any atom is 0.327 e. The normalized spacial score (nSPS) is 20.9. The molecular weight excluding hydrogens is 310 g/mol. The average Bonchev–Trinajstić information content (AvgIpc) is 2.98. The molecule has 1 saturated heterocycles. The lowest BCUT2D eigenvalue weighted by Gasteiger charge is -2.23. The molecule has 2 unspecified atom stereocenters. The summed E-state index contributed by atoms with van der Waals surface area (Å²) >= 11 is 0. The standard InChI is InChI=1S/C16H21N5O3/c1-4-9-7-21(8-12(9)20(2)3)15(23)10-5-11-13(17-6-10)18-16(24)19-14(11)22/h5-6,9,12H,4,7-8H2,1-3H3,(H2,17,18,19,22,24). The number of carbonyl (C=O) groups is 1. The number of fused-ring (bicyclic) bond motifs is 1. The molecule has 0 bridgehead atoms. The van der Waals surface area contributed by atoms with Crippen molar-refractivity contribution in [2.45, 2.75) is 19.4 Å². The number of rotatable bonds is 3. The Morgan fingerprint density at radius 2 is 2.08 bits per heavy atom. The van der Waals surface area contributed by atoms with Crippen LogP contribution in [0.5, 0.6) is 0 Å². The van der Waals surface area contributed by atoms with Gasteiger partial charge in [-0.3, -0.25) is 19.6 Å². The lowest BCUT2D eigenvalue weighted by molar-refractivity contribution is 0.0781. The third-order valence-corrected chi connectivity index (χ3v) is 4.72. The number of aromatic amines is 2. The number of likely N-dealkylation sites (N-methyl/N-ethyl adjacent to an activating group) is 1. The van der Waals surface area contributed by atoms with Crippen molar-refractivity contribution < 1.29 is 4.79 Å². The van der Waals surface area contributed by atoms with Crippen molar-refractivity contribution in [3.8, 4) is 0 Å². The maximum absolute atomic E-state index is 12.8. The Balaban J connectivity index is 1.92. The van der Waals surface area contributed by atoms with Gasteiger partial charge in [0.2, 0.25) is 0 Å². The van der Waals surface area contributed by atoms with E-state index in [4.69, 9.17) is 0 Å². The number of nitrogens with zero attached hydrogens (tertiary/aromatic N) is 3. The smallest absolute Gasteiger partial charge is 0.327 e. The van der Waals surface area contributed by atoms with E-state index in [9.17, 15) is 14.4 Å². The molecule has 1 amide bonds. The van der Waals surface area contributed by atoms with Gasteiger partial charge in [-0.05, 0) is 26.1 Å². The number of hydrogen-bond donors (Lipinski definition) is 2. The van der Waals surface area contributed by atoms with Crippen molar-refractivity contribution in [1.29, 1.82) is 0 Å². The minimum atomic E-state index is -0.613. The zero-order chi connectivity index (χ0) is 17.4. The summed E-state index contributed by atoms with van der Waals surface area (Å²) < 4.78 is 0. The minimum absolute atomic E-state index is 0.141. The Bertz CT molecular complexity index is 885. The van der Waals surface area contributed by atoms with Crippen LogP contribution in [0, 0.1) is 5.92 Å². The second kappa shape index (κ2) is 6.20. The lowest BCUT2D eigenvalue weighted by Crippen LogP contribution is -2.36. The first kappa shape index (κ1) is 16.4. The Kier molecular flexibility index (Phi) is 4.23. The van der Waals surface area contributed by atoms with E-state index < -0.39 is 11.2 Å². The highest BCUT2D eigenvalue weighted by Gasteiger charge is 2.35. The van der Waals surface area contributed by atoms with Crippen molar-refractivity contribution in [2.24, 2.45) is 5.92 Å². The first-order chi connectivity index (χ1) is 11.4. The SMILES string of the molecule is CCC1CN(C(=O)c2cnc3[nH]c(=O)[nH]c(=O)c3c2)CC1N(C)C. The third kappa shape index (κ3) is 2.84. The van der Waals surface area contributed by atoms with Crippen LogP contribution in [0.15, 0.2) is 21.9 Å². The summed E-state index contributed by atoms with van der Waals surface area (Å²) in [5.74, 6) is 0.287. The van der Waals surface area contributed by atoms with Crippen molar-refractivity contribution in [3.63, 3.8) is 0 Å². The van der Waals surface area contributed by atoms with Crippen LogP contribution in [0.25, 0.3) is 11.0 Å². The molecule has 24 heavy (non-hydrogen) atoms. The van der Waals surface area contributed by atoms with Gasteiger partial charge >= 0.3 is 5.69 Å². The Labute approximate surface area is 138 Å². The Morgan fingerprint density at radius 3 is 2.71 bits per heavy atom. The topological polar surface area (TPSA) is 102 Å². The minimum Gasteiger partial charge on any atom is -0.337 e. The predicted octanol–water partition coefficient (Wildman–Crippen LogP) is 0.0236. The second-order valence-electron chi connectivity index (χ2n) is 6.44. The number of likely N-dealkylation sites (tertiary alicyclic amines) is 1. The van der Waals surface area contributed by atoms with E-state index in [-0.39, 0.29) is 16.9 Å². The van der Waals surface area contributed by atoms with Crippen LogP contribution in [0.1, 0.15) is 23.7 Å². The van der Waals surface area contributed by atoms with Gasteiger partial charge in [-0.2, -0.15) is 0 Å². The number of carbonyl (C=O) groups excluding carboxylic acids is 1. The number of nitrogens with one attached hydrogen (secondary N) is 2. The summed E-state index contributed by atoms with van der Waals surface area (Å²) in [4.78, 5) is 48.6. The largest absolute Gasteiger partial charge is 0.337 e. The van der Waals surface area contributed by atoms with Crippen molar-refractivity contribution in [3.05, 3.63) is 38.7 Å². The molecular formula is C16H21N5O3. The maximum atomic E-state index is 12.8. The van der Waals surface area contributed by atoms with Gasteiger partial charge in [0.15, 0.2) is 0 Å². The summed E-state index contributed by atoms with van der Waals surface area (Å²) in [5.41, 5.74) is -0.623. The molecule has 1 aliphatic heterocycles. The van der Waals surface area contributed by atoms with Crippen LogP contribution in [-0.4, -0.2) is 63.9 Å². The summed E-state index contributed by atoms with van der Waals surface area (Å²) in [5, 5.41) is 0.204. The lowest BCUT2D eigenvalue weighted by atomic mass is 10.0.